The molecule has 3 aliphatic heterocycles. The van der Waals surface area contributed by atoms with Gasteiger partial charge in [0.25, 0.3) is 0 Å². The predicted octanol–water partition coefficient (Wildman–Crippen LogP) is 1.21. The maximum absolute atomic E-state index is 12.0. The number of hydrogen-bond acceptors (Lipinski definition) is 2. The first-order chi connectivity index (χ1) is 8.81. The molecule has 1 atom stereocenters. The Kier molecular flexibility index (Phi) is 8.49. The topological polar surface area (TPSA) is 32.3 Å². The number of anilines is 1. The molecule has 0 aliphatic carbocycles. The van der Waals surface area contributed by atoms with Crippen LogP contribution in [0.3, 0.4) is 0 Å². The average molecular weight is 277 g/mol. The van der Waals surface area contributed by atoms with Gasteiger partial charge in [0, 0.05) is 43.9 Å². The quantitative estimate of drug-likeness (QED) is 0.842. The van der Waals surface area contributed by atoms with Crippen LogP contribution in [0.25, 0.3) is 0 Å². The van der Waals surface area contributed by atoms with Crippen molar-refractivity contribution >= 4 is 36.8 Å². The highest BCUT2D eigenvalue weighted by Crippen LogP contribution is 2.34. The van der Waals surface area contributed by atoms with Crippen LogP contribution in [0.15, 0.2) is 30.3 Å². The van der Waals surface area contributed by atoms with Gasteiger partial charge in [0.1, 0.15) is 0 Å². The summed E-state index contributed by atoms with van der Waals surface area (Å²) in [7, 11) is 0. The largest absolute Gasteiger partial charge is 0.326 e. The summed E-state index contributed by atoms with van der Waals surface area (Å²) in [4.78, 5) is 14.5. The minimum Gasteiger partial charge on any atom is -0.326 e. The van der Waals surface area contributed by atoms with Crippen molar-refractivity contribution in [1.29, 1.82) is 0 Å². The molecule has 1 amide bonds. The Labute approximate surface area is 133 Å². The summed E-state index contributed by atoms with van der Waals surface area (Å²) in [6.07, 6.45) is 3.24. The fourth-order valence-electron chi connectivity index (χ4n) is 3.29. The zero-order chi connectivity index (χ0) is 12.4. The lowest BCUT2D eigenvalue weighted by Gasteiger charge is -2.44. The van der Waals surface area contributed by atoms with Crippen LogP contribution >= 0.6 is 0 Å². The third-order valence-corrected chi connectivity index (χ3v) is 4.30. The van der Waals surface area contributed by atoms with Crippen LogP contribution in [0.5, 0.6) is 0 Å². The second kappa shape index (κ2) is 8.98. The van der Waals surface area contributed by atoms with E-state index in [2.05, 4.69) is 10.2 Å². The fraction of sp³-hybridized carbons (Fsp3) is 0.533. The molecule has 4 rings (SSSR count). The number of rotatable bonds is 3. The Bertz CT molecular complexity index is 422. The van der Waals surface area contributed by atoms with E-state index in [1.54, 1.807) is 0 Å². The summed E-state index contributed by atoms with van der Waals surface area (Å²) in [5.41, 5.74) is 0.906. The molecule has 6 heteroatoms. The van der Waals surface area contributed by atoms with Gasteiger partial charge in [-0.1, -0.05) is 18.2 Å². The van der Waals surface area contributed by atoms with E-state index < -0.39 is 0 Å². The van der Waals surface area contributed by atoms with Crippen LogP contribution in [0, 0.1) is 11.8 Å². The molecule has 0 aromatic heterocycles. The van der Waals surface area contributed by atoms with Gasteiger partial charge in [0.2, 0.25) is 5.91 Å². The second-order valence-electron chi connectivity index (χ2n) is 5.52. The molecule has 3 fully saturated rings. The highest BCUT2D eigenvalue weighted by Gasteiger charge is 2.34. The van der Waals surface area contributed by atoms with Crippen LogP contribution in [0.2, 0.25) is 0 Å². The number of piperidine rings is 3. The molecule has 3 saturated heterocycles. The van der Waals surface area contributed by atoms with Crippen molar-refractivity contribution in [3.8, 4) is 0 Å². The van der Waals surface area contributed by atoms with Crippen LogP contribution in [-0.4, -0.2) is 55.7 Å². The van der Waals surface area contributed by atoms with Gasteiger partial charge in [-0.25, -0.2) is 0 Å². The summed E-state index contributed by atoms with van der Waals surface area (Å²) in [5.74, 6) is 1.51. The van der Waals surface area contributed by atoms with Crippen LogP contribution in [0.4, 0.5) is 5.69 Å². The smallest absolute Gasteiger partial charge is 0.224 e. The molecule has 2 bridgehead atoms. The molecule has 9 radical (unpaired) electrons. The highest BCUT2D eigenvalue weighted by atomic mass is 16.1. The summed E-state index contributed by atoms with van der Waals surface area (Å²) in [5, 5.41) is 2.99. The lowest BCUT2D eigenvalue weighted by atomic mass is 9.77. The first-order valence-corrected chi connectivity index (χ1v) is 6.88. The van der Waals surface area contributed by atoms with Gasteiger partial charge in [0.05, 0.1) is 0 Å². The Morgan fingerprint density at radius 2 is 1.71 bits per heavy atom. The summed E-state index contributed by atoms with van der Waals surface area (Å²) < 4.78 is 0. The molecule has 1 N–H and O–H groups in total. The third-order valence-electron chi connectivity index (χ3n) is 4.30. The maximum atomic E-state index is 12.0. The SMILES string of the molecule is O=C(C[C@H]1CN2CCC1CC2)Nc1ccccc1.[B].[B].[B]. The molecule has 1 aromatic rings. The number of carbonyl (C=O) groups excluding carboxylic acids is 1. The number of nitrogens with one attached hydrogen (secondary N) is 1. The van der Waals surface area contributed by atoms with E-state index in [-0.39, 0.29) is 31.1 Å². The molecule has 3 aliphatic rings. The Hall–Kier alpha value is -1.16. The Balaban J connectivity index is 0.00000133. The molecule has 0 unspecified atom stereocenters. The lowest BCUT2D eigenvalue weighted by molar-refractivity contribution is -0.118. The lowest BCUT2D eigenvalue weighted by Crippen LogP contribution is -2.48. The molecular weight excluding hydrogens is 257 g/mol. The van der Waals surface area contributed by atoms with E-state index in [1.165, 1.54) is 25.9 Å². The standard InChI is InChI=1S/C15H20N2O.3B/c18-15(16-14-4-2-1-3-5-14)10-13-11-17-8-6-12(13)7-9-17;;;/h1-5,12-13H,6-11H2,(H,16,18);;;/t13-;;;/m0.../s1. The van der Waals surface area contributed by atoms with Gasteiger partial charge in [0.15, 0.2) is 0 Å². The second-order valence-corrected chi connectivity index (χ2v) is 5.52. The van der Waals surface area contributed by atoms with Crippen molar-refractivity contribution < 1.29 is 4.79 Å². The van der Waals surface area contributed by atoms with Crippen LogP contribution in [0.1, 0.15) is 19.3 Å². The van der Waals surface area contributed by atoms with Crippen molar-refractivity contribution in [3.63, 3.8) is 0 Å². The summed E-state index contributed by atoms with van der Waals surface area (Å²) in [6, 6.07) is 9.74. The fourth-order valence-corrected chi connectivity index (χ4v) is 3.29. The number of fused-ring (bicyclic) bond motifs is 3. The van der Waals surface area contributed by atoms with Gasteiger partial charge in [-0.2, -0.15) is 0 Å². The number of hydrogen-bond donors (Lipinski definition) is 1. The van der Waals surface area contributed by atoms with E-state index >= 15 is 0 Å². The van der Waals surface area contributed by atoms with E-state index in [1.807, 2.05) is 30.3 Å². The third kappa shape index (κ3) is 4.96. The maximum Gasteiger partial charge on any atom is 0.224 e. The zero-order valence-corrected chi connectivity index (χ0v) is 12.4. The molecule has 1 aromatic carbocycles. The normalized spacial score (nSPS) is 25.8. The Morgan fingerprint density at radius 3 is 2.24 bits per heavy atom. The molecule has 105 valence electrons. The van der Waals surface area contributed by atoms with Gasteiger partial charge < -0.3 is 10.2 Å². The van der Waals surface area contributed by atoms with E-state index in [9.17, 15) is 4.79 Å². The van der Waals surface area contributed by atoms with Crippen molar-refractivity contribution in [3.05, 3.63) is 30.3 Å². The minimum atomic E-state index is 0. The molecule has 21 heavy (non-hydrogen) atoms. The molecule has 0 saturated carbocycles. The summed E-state index contributed by atoms with van der Waals surface area (Å²) in [6.45, 7) is 3.59. The van der Waals surface area contributed by atoms with Crippen molar-refractivity contribution in [2.75, 3.05) is 25.0 Å². The number of para-hydroxylation sites is 1. The highest BCUT2D eigenvalue weighted by molar-refractivity contribution is 5.90. The summed E-state index contributed by atoms with van der Waals surface area (Å²) >= 11 is 0. The van der Waals surface area contributed by atoms with E-state index in [0.717, 1.165) is 18.2 Å². The number of benzene rings is 1. The Morgan fingerprint density at radius 1 is 1.10 bits per heavy atom. The van der Waals surface area contributed by atoms with E-state index in [0.29, 0.717) is 12.3 Å². The number of carbonyl (C=O) groups is 1. The molecular formula is C15H20B3N2O. The van der Waals surface area contributed by atoms with Gasteiger partial charge in [-0.3, -0.25) is 4.79 Å². The van der Waals surface area contributed by atoms with Gasteiger partial charge >= 0.3 is 0 Å². The van der Waals surface area contributed by atoms with Crippen LogP contribution in [-0.2, 0) is 4.79 Å². The first-order valence-electron chi connectivity index (χ1n) is 6.88. The predicted molar refractivity (Wildman–Crippen MR) is 89.6 cm³/mol. The van der Waals surface area contributed by atoms with Crippen molar-refractivity contribution in [2.45, 2.75) is 19.3 Å². The minimum absolute atomic E-state index is 0. The van der Waals surface area contributed by atoms with Crippen molar-refractivity contribution in [2.24, 2.45) is 11.8 Å². The zero-order valence-electron chi connectivity index (χ0n) is 12.4. The van der Waals surface area contributed by atoms with Gasteiger partial charge in [-0.05, 0) is 49.9 Å². The van der Waals surface area contributed by atoms with Crippen LogP contribution < -0.4 is 5.32 Å². The number of amides is 1. The average Bonchev–Trinajstić information content (AvgIpc) is 2.41. The molecule has 3 heterocycles. The number of nitrogens with zero attached hydrogens (tertiary/aromatic N) is 1. The first kappa shape index (κ1) is 19.8. The van der Waals surface area contributed by atoms with Gasteiger partial charge in [-0.15, -0.1) is 0 Å². The van der Waals surface area contributed by atoms with Crippen molar-refractivity contribution in [1.82, 2.24) is 4.90 Å². The molecule has 0 spiro atoms. The monoisotopic (exact) mass is 277 g/mol. The van der Waals surface area contributed by atoms with E-state index in [4.69, 9.17) is 0 Å². The molecule has 3 nitrogen and oxygen atoms in total.